The minimum absolute atomic E-state index is 0.0636. The van der Waals surface area contributed by atoms with Crippen LogP contribution in [0.1, 0.15) is 45.1 Å². The summed E-state index contributed by atoms with van der Waals surface area (Å²) in [7, 11) is 1.70. The average molecular weight is 265 g/mol. The molecule has 1 aliphatic rings. The molecule has 1 aromatic rings. The molecule has 2 heterocycles. The Morgan fingerprint density at radius 3 is 2.42 bits per heavy atom. The Kier molecular flexibility index (Phi) is 3.78. The summed E-state index contributed by atoms with van der Waals surface area (Å²) in [5.41, 5.74) is 6.35. The first kappa shape index (κ1) is 14.2. The van der Waals surface area contributed by atoms with Crippen molar-refractivity contribution in [1.82, 2.24) is 9.97 Å². The second-order valence-electron chi connectivity index (χ2n) is 6.06. The van der Waals surface area contributed by atoms with E-state index in [2.05, 4.69) is 25.8 Å². The zero-order chi connectivity index (χ0) is 14.1. The van der Waals surface area contributed by atoms with Crippen LogP contribution in [0.25, 0.3) is 0 Å². The van der Waals surface area contributed by atoms with Crippen molar-refractivity contribution in [2.45, 2.75) is 44.6 Å². The molecule has 0 spiro atoms. The van der Waals surface area contributed by atoms with Crippen LogP contribution in [0.3, 0.4) is 0 Å². The van der Waals surface area contributed by atoms with Crippen LogP contribution < -0.4 is 5.73 Å². The fourth-order valence-corrected chi connectivity index (χ4v) is 2.27. The van der Waals surface area contributed by atoms with Gasteiger partial charge < -0.3 is 15.2 Å². The monoisotopic (exact) mass is 265 g/mol. The summed E-state index contributed by atoms with van der Waals surface area (Å²) < 4.78 is 11.1. The molecular weight excluding hydrogens is 242 g/mol. The van der Waals surface area contributed by atoms with Gasteiger partial charge in [0.05, 0.1) is 5.69 Å². The first-order valence-corrected chi connectivity index (χ1v) is 6.66. The first-order chi connectivity index (χ1) is 8.87. The van der Waals surface area contributed by atoms with E-state index in [1.165, 1.54) is 0 Å². The molecule has 5 nitrogen and oxygen atoms in total. The van der Waals surface area contributed by atoms with Crippen molar-refractivity contribution in [1.29, 1.82) is 0 Å². The summed E-state index contributed by atoms with van der Waals surface area (Å²) in [5.74, 6) is 1.18. The third kappa shape index (κ3) is 2.87. The highest BCUT2D eigenvalue weighted by atomic mass is 16.5. The highest BCUT2D eigenvalue weighted by Crippen LogP contribution is 2.34. The van der Waals surface area contributed by atoms with Crippen LogP contribution in [0, 0.1) is 0 Å². The minimum Gasteiger partial charge on any atom is -0.384 e. The summed E-state index contributed by atoms with van der Waals surface area (Å²) >= 11 is 0. The van der Waals surface area contributed by atoms with Crippen molar-refractivity contribution < 1.29 is 9.47 Å². The molecule has 0 saturated carbocycles. The van der Waals surface area contributed by atoms with E-state index >= 15 is 0 Å². The normalized spacial score (nSPS) is 19.4. The number of aromatic nitrogens is 2. The van der Waals surface area contributed by atoms with Gasteiger partial charge in [-0.15, -0.1) is 0 Å². The Balaban J connectivity index is 2.46. The molecule has 0 radical (unpaired) electrons. The third-order valence-electron chi connectivity index (χ3n) is 3.61. The van der Waals surface area contributed by atoms with Gasteiger partial charge in [-0.3, -0.25) is 0 Å². The van der Waals surface area contributed by atoms with E-state index in [0.29, 0.717) is 24.9 Å². The lowest BCUT2D eigenvalue weighted by Crippen LogP contribution is -2.38. The summed E-state index contributed by atoms with van der Waals surface area (Å²) in [4.78, 5) is 9.10. The number of nitrogens with zero attached hydrogens (tertiary/aromatic N) is 2. The number of ether oxygens (including phenoxy) is 2. The van der Waals surface area contributed by atoms with Crippen LogP contribution in [0.15, 0.2) is 6.07 Å². The van der Waals surface area contributed by atoms with Crippen molar-refractivity contribution >= 4 is 5.82 Å². The van der Waals surface area contributed by atoms with E-state index in [4.69, 9.17) is 20.2 Å². The van der Waals surface area contributed by atoms with E-state index in [1.54, 1.807) is 7.11 Å². The zero-order valence-electron chi connectivity index (χ0n) is 12.2. The first-order valence-electron chi connectivity index (χ1n) is 6.66. The maximum atomic E-state index is 5.94. The highest BCUT2D eigenvalue weighted by molar-refractivity contribution is 5.34. The van der Waals surface area contributed by atoms with Gasteiger partial charge in [0.2, 0.25) is 0 Å². The number of rotatable bonds is 2. The van der Waals surface area contributed by atoms with E-state index in [0.717, 1.165) is 18.5 Å². The maximum absolute atomic E-state index is 5.94. The Bertz CT molecular complexity index is 448. The Morgan fingerprint density at radius 2 is 1.89 bits per heavy atom. The van der Waals surface area contributed by atoms with E-state index < -0.39 is 5.60 Å². The lowest BCUT2D eigenvalue weighted by atomic mass is 9.89. The molecule has 19 heavy (non-hydrogen) atoms. The van der Waals surface area contributed by atoms with Crippen LogP contribution in [0.5, 0.6) is 0 Å². The van der Waals surface area contributed by atoms with Crippen molar-refractivity contribution in [3.63, 3.8) is 0 Å². The summed E-state index contributed by atoms with van der Waals surface area (Å²) in [6.45, 7) is 7.67. The van der Waals surface area contributed by atoms with Gasteiger partial charge in [0, 0.05) is 44.6 Å². The lowest BCUT2D eigenvalue weighted by Gasteiger charge is -2.35. The molecule has 2 rings (SSSR count). The fourth-order valence-electron chi connectivity index (χ4n) is 2.27. The predicted octanol–water partition coefficient (Wildman–Crippen LogP) is 2.01. The van der Waals surface area contributed by atoms with Crippen molar-refractivity contribution in [2.75, 3.05) is 26.1 Å². The molecule has 1 aromatic heterocycles. The smallest absolute Gasteiger partial charge is 0.163 e. The van der Waals surface area contributed by atoms with Crippen LogP contribution in [0.2, 0.25) is 0 Å². The average Bonchev–Trinajstić information content (AvgIpc) is 2.38. The van der Waals surface area contributed by atoms with Gasteiger partial charge in [0.15, 0.2) is 5.82 Å². The van der Waals surface area contributed by atoms with Gasteiger partial charge in [-0.2, -0.15) is 0 Å². The number of methoxy groups -OCH3 is 1. The summed E-state index contributed by atoms with van der Waals surface area (Å²) in [5, 5.41) is 0. The van der Waals surface area contributed by atoms with E-state index in [9.17, 15) is 0 Å². The molecule has 0 atom stereocenters. The quantitative estimate of drug-likeness (QED) is 0.885. The standard InChI is InChI=1S/C14H23N3O2/c1-13(2,3)10-9-11(15)17-12(16-10)14(18-4)5-7-19-8-6-14/h9H,5-8H2,1-4H3,(H2,15,16,17). The molecular formula is C14H23N3O2. The van der Waals surface area contributed by atoms with Gasteiger partial charge >= 0.3 is 0 Å². The molecule has 0 bridgehead atoms. The number of anilines is 1. The Labute approximate surface area is 114 Å². The molecule has 1 fully saturated rings. The van der Waals surface area contributed by atoms with Gasteiger partial charge in [0.1, 0.15) is 11.4 Å². The van der Waals surface area contributed by atoms with Crippen LogP contribution in [0.4, 0.5) is 5.82 Å². The fraction of sp³-hybridized carbons (Fsp3) is 0.714. The largest absolute Gasteiger partial charge is 0.384 e. The lowest BCUT2D eigenvalue weighted by molar-refractivity contribution is -0.100. The van der Waals surface area contributed by atoms with E-state index in [1.807, 2.05) is 6.07 Å². The zero-order valence-corrected chi connectivity index (χ0v) is 12.2. The molecule has 0 unspecified atom stereocenters. The van der Waals surface area contributed by atoms with Crippen molar-refractivity contribution in [2.24, 2.45) is 0 Å². The number of nitrogen functional groups attached to an aromatic ring is 1. The number of hydrogen-bond donors (Lipinski definition) is 1. The summed E-state index contributed by atoms with van der Waals surface area (Å²) in [6, 6.07) is 1.84. The second kappa shape index (κ2) is 5.06. The number of hydrogen-bond acceptors (Lipinski definition) is 5. The predicted molar refractivity (Wildman–Crippen MR) is 73.9 cm³/mol. The topological polar surface area (TPSA) is 70.3 Å². The Hall–Kier alpha value is -1.20. The van der Waals surface area contributed by atoms with Crippen LogP contribution >= 0.6 is 0 Å². The Morgan fingerprint density at radius 1 is 1.26 bits per heavy atom. The second-order valence-corrected chi connectivity index (χ2v) is 6.06. The molecule has 0 amide bonds. The SMILES string of the molecule is COC1(c2nc(N)cc(C(C)(C)C)n2)CCOCC1. The molecule has 106 valence electrons. The van der Waals surface area contributed by atoms with Crippen molar-refractivity contribution in [3.05, 3.63) is 17.6 Å². The highest BCUT2D eigenvalue weighted by Gasteiger charge is 2.38. The van der Waals surface area contributed by atoms with E-state index in [-0.39, 0.29) is 5.41 Å². The molecule has 1 aliphatic heterocycles. The van der Waals surface area contributed by atoms with Crippen molar-refractivity contribution in [3.8, 4) is 0 Å². The maximum Gasteiger partial charge on any atom is 0.163 e. The molecule has 2 N–H and O–H groups in total. The third-order valence-corrected chi connectivity index (χ3v) is 3.61. The van der Waals surface area contributed by atoms with Gasteiger partial charge in [-0.1, -0.05) is 20.8 Å². The van der Waals surface area contributed by atoms with Gasteiger partial charge in [-0.05, 0) is 0 Å². The molecule has 0 aliphatic carbocycles. The number of nitrogens with two attached hydrogens (primary N) is 1. The van der Waals surface area contributed by atoms with Crippen LogP contribution in [-0.4, -0.2) is 30.3 Å². The summed E-state index contributed by atoms with van der Waals surface area (Å²) in [6.07, 6.45) is 1.52. The molecule has 0 aromatic carbocycles. The van der Waals surface area contributed by atoms with Gasteiger partial charge in [0.25, 0.3) is 0 Å². The van der Waals surface area contributed by atoms with Gasteiger partial charge in [-0.25, -0.2) is 9.97 Å². The van der Waals surface area contributed by atoms with Crippen LogP contribution in [-0.2, 0) is 20.5 Å². The molecule has 5 heteroatoms. The minimum atomic E-state index is -0.465. The molecule has 1 saturated heterocycles.